The van der Waals surface area contributed by atoms with Gasteiger partial charge in [-0.05, 0) is 30.3 Å². The highest BCUT2D eigenvalue weighted by Crippen LogP contribution is 2.32. The van der Waals surface area contributed by atoms with Crippen molar-refractivity contribution in [2.24, 2.45) is 0 Å². The normalized spacial score (nSPS) is 12.2. The number of hydrogen-bond acceptors (Lipinski definition) is 4. The maximum absolute atomic E-state index is 13.6. The van der Waals surface area contributed by atoms with Crippen LogP contribution in [0.25, 0.3) is 0 Å². The minimum Gasteiger partial charge on any atom is -0.455 e. The van der Waals surface area contributed by atoms with Gasteiger partial charge in [0.1, 0.15) is 17.3 Å². The van der Waals surface area contributed by atoms with Crippen LogP contribution in [0.2, 0.25) is 0 Å². The van der Waals surface area contributed by atoms with Crippen molar-refractivity contribution in [2.45, 2.75) is 11.9 Å². The van der Waals surface area contributed by atoms with Gasteiger partial charge in [0.05, 0.1) is 11.3 Å². The SMILES string of the molecule is CS(=O)(=O)Cc1ccc(C(=O)Nc2cc(C(F)(F)F)ccc2F)o1. The second kappa shape index (κ2) is 6.27. The van der Waals surface area contributed by atoms with Gasteiger partial charge in [-0.25, -0.2) is 12.8 Å². The molecule has 1 aromatic heterocycles. The molecular formula is C14H11F4NO4S. The van der Waals surface area contributed by atoms with E-state index >= 15 is 0 Å². The molecule has 5 nitrogen and oxygen atoms in total. The molecule has 2 rings (SSSR count). The lowest BCUT2D eigenvalue weighted by Crippen LogP contribution is -2.14. The summed E-state index contributed by atoms with van der Waals surface area (Å²) in [6, 6.07) is 3.95. The van der Waals surface area contributed by atoms with Crippen LogP contribution >= 0.6 is 0 Å². The lowest BCUT2D eigenvalue weighted by molar-refractivity contribution is -0.137. The number of alkyl halides is 3. The number of amides is 1. The van der Waals surface area contributed by atoms with Crippen LogP contribution in [0.4, 0.5) is 23.2 Å². The second-order valence-electron chi connectivity index (χ2n) is 4.98. The van der Waals surface area contributed by atoms with Crippen LogP contribution in [-0.4, -0.2) is 20.6 Å². The van der Waals surface area contributed by atoms with Gasteiger partial charge in [-0.2, -0.15) is 13.2 Å². The monoisotopic (exact) mass is 365 g/mol. The van der Waals surface area contributed by atoms with Crippen molar-refractivity contribution in [3.63, 3.8) is 0 Å². The van der Waals surface area contributed by atoms with Gasteiger partial charge in [-0.3, -0.25) is 4.79 Å². The highest BCUT2D eigenvalue weighted by atomic mass is 32.2. The first-order chi connectivity index (χ1) is 11.0. The van der Waals surface area contributed by atoms with Gasteiger partial charge in [0.15, 0.2) is 15.6 Å². The second-order valence-corrected chi connectivity index (χ2v) is 7.12. The van der Waals surface area contributed by atoms with E-state index in [1.165, 1.54) is 6.07 Å². The first kappa shape index (κ1) is 18.0. The van der Waals surface area contributed by atoms with E-state index in [4.69, 9.17) is 4.42 Å². The van der Waals surface area contributed by atoms with Gasteiger partial charge in [0.25, 0.3) is 5.91 Å². The minimum absolute atomic E-state index is 0.0211. The molecule has 0 unspecified atom stereocenters. The van der Waals surface area contributed by atoms with Crippen LogP contribution in [0.1, 0.15) is 21.9 Å². The number of sulfone groups is 1. The molecule has 1 aromatic carbocycles. The van der Waals surface area contributed by atoms with E-state index in [2.05, 4.69) is 0 Å². The summed E-state index contributed by atoms with van der Waals surface area (Å²) in [6.45, 7) is 0. The van der Waals surface area contributed by atoms with E-state index in [1.54, 1.807) is 0 Å². The Morgan fingerprint density at radius 3 is 2.46 bits per heavy atom. The number of nitrogens with one attached hydrogen (secondary N) is 1. The Hall–Kier alpha value is -2.36. The van der Waals surface area contributed by atoms with Gasteiger partial charge in [-0.15, -0.1) is 0 Å². The molecule has 0 aliphatic carbocycles. The first-order valence-electron chi connectivity index (χ1n) is 6.40. The fourth-order valence-corrected chi connectivity index (χ4v) is 2.49. The number of benzene rings is 1. The molecule has 0 aliphatic rings. The highest BCUT2D eigenvalue weighted by molar-refractivity contribution is 7.89. The quantitative estimate of drug-likeness (QED) is 0.844. The lowest BCUT2D eigenvalue weighted by Gasteiger charge is -2.10. The molecule has 0 fully saturated rings. The van der Waals surface area contributed by atoms with E-state index in [1.807, 2.05) is 5.32 Å². The zero-order valence-electron chi connectivity index (χ0n) is 12.1. The molecule has 1 N–H and O–H groups in total. The molecule has 0 spiro atoms. The number of rotatable bonds is 4. The first-order valence-corrected chi connectivity index (χ1v) is 8.46. The van der Waals surface area contributed by atoms with E-state index < -0.39 is 44.7 Å². The van der Waals surface area contributed by atoms with Crippen molar-refractivity contribution >= 4 is 21.4 Å². The van der Waals surface area contributed by atoms with E-state index in [0.29, 0.717) is 18.2 Å². The third-order valence-corrected chi connectivity index (χ3v) is 3.64. The molecule has 0 saturated carbocycles. The van der Waals surface area contributed by atoms with E-state index in [9.17, 15) is 30.8 Å². The zero-order chi connectivity index (χ0) is 18.1. The van der Waals surface area contributed by atoms with Gasteiger partial charge < -0.3 is 9.73 Å². The van der Waals surface area contributed by atoms with Crippen molar-refractivity contribution in [3.05, 3.63) is 53.2 Å². The molecule has 0 saturated heterocycles. The maximum atomic E-state index is 13.6. The van der Waals surface area contributed by atoms with Crippen LogP contribution < -0.4 is 5.32 Å². The molecule has 130 valence electrons. The number of anilines is 1. The highest BCUT2D eigenvalue weighted by Gasteiger charge is 2.31. The summed E-state index contributed by atoms with van der Waals surface area (Å²) >= 11 is 0. The molecule has 0 aliphatic heterocycles. The molecule has 10 heteroatoms. The molecule has 24 heavy (non-hydrogen) atoms. The summed E-state index contributed by atoms with van der Waals surface area (Å²) in [4.78, 5) is 11.9. The summed E-state index contributed by atoms with van der Waals surface area (Å²) in [5.74, 6) is -2.89. The van der Waals surface area contributed by atoms with E-state index in [-0.39, 0.29) is 11.5 Å². The molecule has 2 aromatic rings. The standard InChI is InChI=1S/C14H11F4NO4S/c1-24(21,22)7-9-3-5-12(23-9)13(20)19-11-6-8(14(16,17)18)2-4-10(11)15/h2-6H,7H2,1H3,(H,19,20). The average molecular weight is 365 g/mol. The third kappa shape index (κ3) is 4.57. The van der Waals surface area contributed by atoms with Gasteiger partial charge in [-0.1, -0.05) is 0 Å². The molecule has 0 bridgehead atoms. The average Bonchev–Trinajstić information content (AvgIpc) is 2.86. The van der Waals surface area contributed by atoms with Crippen LogP contribution in [-0.2, 0) is 21.8 Å². The molecule has 1 amide bonds. The van der Waals surface area contributed by atoms with Crippen molar-refractivity contribution < 1.29 is 35.2 Å². The number of halogens is 4. The maximum Gasteiger partial charge on any atom is 0.416 e. The predicted molar refractivity (Wildman–Crippen MR) is 76.6 cm³/mol. The van der Waals surface area contributed by atoms with Crippen molar-refractivity contribution in [2.75, 3.05) is 11.6 Å². The Bertz CT molecular complexity index is 871. The molecule has 0 radical (unpaired) electrons. The van der Waals surface area contributed by atoms with Crippen molar-refractivity contribution in [3.8, 4) is 0 Å². The Morgan fingerprint density at radius 2 is 1.88 bits per heavy atom. The lowest BCUT2D eigenvalue weighted by atomic mass is 10.2. The fourth-order valence-electron chi connectivity index (χ4n) is 1.82. The predicted octanol–water partition coefficient (Wildman–Crippen LogP) is 3.23. The minimum atomic E-state index is -4.69. The van der Waals surface area contributed by atoms with Crippen LogP contribution in [0.15, 0.2) is 34.7 Å². The fraction of sp³-hybridized carbons (Fsp3) is 0.214. The number of carbonyl (C=O) groups is 1. The van der Waals surface area contributed by atoms with Gasteiger partial charge in [0, 0.05) is 6.26 Å². The Morgan fingerprint density at radius 1 is 1.21 bits per heavy atom. The van der Waals surface area contributed by atoms with Crippen molar-refractivity contribution in [1.82, 2.24) is 0 Å². The van der Waals surface area contributed by atoms with Gasteiger partial charge in [0.2, 0.25) is 0 Å². The van der Waals surface area contributed by atoms with Gasteiger partial charge >= 0.3 is 6.18 Å². The number of hydrogen-bond donors (Lipinski definition) is 1. The third-order valence-electron chi connectivity index (χ3n) is 2.83. The number of carbonyl (C=O) groups excluding carboxylic acids is 1. The summed E-state index contributed by atoms with van der Waals surface area (Å²) in [5, 5.41) is 1.96. The van der Waals surface area contributed by atoms with Crippen LogP contribution in [0.3, 0.4) is 0 Å². The molecule has 0 atom stereocenters. The molecular weight excluding hydrogens is 354 g/mol. The topological polar surface area (TPSA) is 76.4 Å². The Labute approximate surface area is 134 Å². The number of furan rings is 1. The zero-order valence-corrected chi connectivity index (χ0v) is 13.0. The summed E-state index contributed by atoms with van der Waals surface area (Å²) in [7, 11) is -3.39. The summed E-state index contributed by atoms with van der Waals surface area (Å²) < 4.78 is 78.7. The van der Waals surface area contributed by atoms with Crippen molar-refractivity contribution in [1.29, 1.82) is 0 Å². The summed E-state index contributed by atoms with van der Waals surface area (Å²) in [5.41, 5.74) is -1.80. The molecule has 1 heterocycles. The largest absolute Gasteiger partial charge is 0.455 e. The van der Waals surface area contributed by atoms with Crippen LogP contribution in [0.5, 0.6) is 0 Å². The van der Waals surface area contributed by atoms with E-state index in [0.717, 1.165) is 12.3 Å². The Balaban J connectivity index is 2.21. The Kier molecular flexibility index (Phi) is 4.70. The smallest absolute Gasteiger partial charge is 0.416 e. The summed E-state index contributed by atoms with van der Waals surface area (Å²) in [6.07, 6.45) is -3.73. The van der Waals surface area contributed by atoms with Crippen LogP contribution in [0, 0.1) is 5.82 Å².